The van der Waals surface area contributed by atoms with Crippen LogP contribution in [-0.2, 0) is 0 Å². The lowest BCUT2D eigenvalue weighted by molar-refractivity contribution is 0.325. The quantitative estimate of drug-likeness (QED) is 0.564. The molecule has 0 aromatic carbocycles. The Kier molecular flexibility index (Phi) is 8.78. The van der Waals surface area contributed by atoms with Crippen LogP contribution in [0, 0.1) is 5.92 Å². The zero-order valence-electron chi connectivity index (χ0n) is 12.1. The minimum Gasteiger partial charge on any atom is -0.314 e. The maximum atomic E-state index is 3.74. The molecule has 0 spiro atoms. The van der Waals surface area contributed by atoms with Crippen molar-refractivity contribution < 1.29 is 0 Å². The molecule has 1 atom stereocenters. The molecular weight excluding hydrogens is 206 g/mol. The minimum absolute atomic E-state index is 0.735. The summed E-state index contributed by atoms with van der Waals surface area (Å²) in [5, 5.41) is 3.74. The first-order valence-electron chi connectivity index (χ1n) is 8.06. The van der Waals surface area contributed by atoms with Crippen LogP contribution in [0.2, 0.25) is 0 Å². The Bertz CT molecular complexity index is 161. The largest absolute Gasteiger partial charge is 0.314 e. The molecular formula is C16H33N. The molecule has 1 saturated carbocycles. The van der Waals surface area contributed by atoms with Gasteiger partial charge in [-0.05, 0) is 38.6 Å². The van der Waals surface area contributed by atoms with Gasteiger partial charge in [-0.2, -0.15) is 0 Å². The first-order chi connectivity index (χ1) is 8.33. The van der Waals surface area contributed by atoms with Crippen molar-refractivity contribution >= 4 is 0 Å². The highest BCUT2D eigenvalue weighted by atomic mass is 14.9. The molecule has 0 saturated heterocycles. The number of rotatable bonds is 9. The van der Waals surface area contributed by atoms with E-state index in [1.54, 1.807) is 0 Å². The van der Waals surface area contributed by atoms with E-state index in [9.17, 15) is 0 Å². The molecule has 0 bridgehead atoms. The molecule has 0 radical (unpaired) electrons. The Morgan fingerprint density at radius 1 is 1.00 bits per heavy atom. The van der Waals surface area contributed by atoms with Crippen molar-refractivity contribution in [2.75, 3.05) is 6.54 Å². The van der Waals surface area contributed by atoms with Crippen LogP contribution < -0.4 is 5.32 Å². The molecule has 0 aliphatic heterocycles. The zero-order valence-corrected chi connectivity index (χ0v) is 12.1. The second-order valence-corrected chi connectivity index (χ2v) is 6.02. The van der Waals surface area contributed by atoms with Gasteiger partial charge >= 0.3 is 0 Å². The van der Waals surface area contributed by atoms with Gasteiger partial charge in [-0.3, -0.25) is 0 Å². The molecule has 0 heterocycles. The highest BCUT2D eigenvalue weighted by Crippen LogP contribution is 2.23. The van der Waals surface area contributed by atoms with Crippen molar-refractivity contribution in [1.82, 2.24) is 5.32 Å². The third-order valence-corrected chi connectivity index (χ3v) is 4.22. The topological polar surface area (TPSA) is 12.0 Å². The van der Waals surface area contributed by atoms with Crippen LogP contribution in [0.25, 0.3) is 0 Å². The van der Waals surface area contributed by atoms with Crippen LogP contribution in [0.5, 0.6) is 0 Å². The van der Waals surface area contributed by atoms with E-state index in [1.165, 1.54) is 77.2 Å². The fourth-order valence-electron chi connectivity index (χ4n) is 2.92. The smallest absolute Gasteiger partial charge is 0.00388 e. The van der Waals surface area contributed by atoms with Crippen molar-refractivity contribution in [1.29, 1.82) is 0 Å². The maximum absolute atomic E-state index is 3.74. The van der Waals surface area contributed by atoms with Gasteiger partial charge in [0.25, 0.3) is 0 Å². The predicted molar refractivity (Wildman–Crippen MR) is 77.4 cm³/mol. The van der Waals surface area contributed by atoms with E-state index in [0.29, 0.717) is 0 Å². The molecule has 1 unspecified atom stereocenters. The van der Waals surface area contributed by atoms with Gasteiger partial charge in [-0.1, -0.05) is 58.3 Å². The molecule has 1 aliphatic carbocycles. The molecule has 0 aromatic rings. The minimum atomic E-state index is 0.735. The van der Waals surface area contributed by atoms with Gasteiger partial charge < -0.3 is 5.32 Å². The SMILES string of the molecule is CCCCCCCC(C)NCC1CCCCC1. The first-order valence-corrected chi connectivity index (χ1v) is 8.06. The van der Waals surface area contributed by atoms with E-state index in [1.807, 2.05) is 0 Å². The summed E-state index contributed by atoms with van der Waals surface area (Å²) < 4.78 is 0. The van der Waals surface area contributed by atoms with Crippen LogP contribution in [0.3, 0.4) is 0 Å². The summed E-state index contributed by atoms with van der Waals surface area (Å²) >= 11 is 0. The summed E-state index contributed by atoms with van der Waals surface area (Å²) in [6, 6.07) is 0.735. The molecule has 102 valence electrons. The fourth-order valence-corrected chi connectivity index (χ4v) is 2.92. The van der Waals surface area contributed by atoms with Crippen LogP contribution in [0.1, 0.15) is 84.5 Å². The summed E-state index contributed by atoms with van der Waals surface area (Å²) in [5.41, 5.74) is 0. The van der Waals surface area contributed by atoms with Crippen LogP contribution in [0.4, 0.5) is 0 Å². The maximum Gasteiger partial charge on any atom is 0.00388 e. The van der Waals surface area contributed by atoms with Crippen molar-refractivity contribution in [3.8, 4) is 0 Å². The standard InChI is InChI=1S/C16H33N/c1-3-4-5-6-8-11-15(2)17-14-16-12-9-7-10-13-16/h15-17H,3-14H2,1-2H3. The van der Waals surface area contributed by atoms with E-state index in [4.69, 9.17) is 0 Å². The summed E-state index contributed by atoms with van der Waals surface area (Å²) in [6.07, 6.45) is 15.8. The van der Waals surface area contributed by atoms with E-state index in [2.05, 4.69) is 19.2 Å². The van der Waals surface area contributed by atoms with Crippen molar-refractivity contribution in [3.63, 3.8) is 0 Å². The van der Waals surface area contributed by atoms with Gasteiger partial charge in [0.1, 0.15) is 0 Å². The fraction of sp³-hybridized carbons (Fsp3) is 1.00. The third-order valence-electron chi connectivity index (χ3n) is 4.22. The monoisotopic (exact) mass is 239 g/mol. The summed E-state index contributed by atoms with van der Waals surface area (Å²) in [6.45, 7) is 5.92. The molecule has 1 aliphatic rings. The number of unbranched alkanes of at least 4 members (excludes halogenated alkanes) is 4. The van der Waals surface area contributed by atoms with Crippen LogP contribution >= 0.6 is 0 Å². The van der Waals surface area contributed by atoms with Crippen LogP contribution in [0.15, 0.2) is 0 Å². The van der Waals surface area contributed by atoms with E-state index >= 15 is 0 Å². The van der Waals surface area contributed by atoms with Crippen LogP contribution in [-0.4, -0.2) is 12.6 Å². The molecule has 1 nitrogen and oxygen atoms in total. The lowest BCUT2D eigenvalue weighted by Gasteiger charge is -2.24. The number of hydrogen-bond acceptors (Lipinski definition) is 1. The Balaban J connectivity index is 1.91. The van der Waals surface area contributed by atoms with E-state index in [0.717, 1.165) is 12.0 Å². The number of nitrogens with one attached hydrogen (secondary N) is 1. The van der Waals surface area contributed by atoms with E-state index < -0.39 is 0 Å². The van der Waals surface area contributed by atoms with Gasteiger partial charge in [0.2, 0.25) is 0 Å². The average molecular weight is 239 g/mol. The molecule has 17 heavy (non-hydrogen) atoms. The molecule has 1 N–H and O–H groups in total. The lowest BCUT2D eigenvalue weighted by Crippen LogP contribution is -2.32. The highest BCUT2D eigenvalue weighted by Gasteiger charge is 2.13. The second-order valence-electron chi connectivity index (χ2n) is 6.02. The molecule has 1 heteroatoms. The number of hydrogen-bond donors (Lipinski definition) is 1. The summed E-state index contributed by atoms with van der Waals surface area (Å²) in [4.78, 5) is 0. The predicted octanol–water partition coefficient (Wildman–Crippen LogP) is 4.91. The highest BCUT2D eigenvalue weighted by molar-refractivity contribution is 4.70. The Labute approximate surface area is 109 Å². The molecule has 1 rings (SSSR count). The Morgan fingerprint density at radius 2 is 1.71 bits per heavy atom. The summed E-state index contributed by atoms with van der Waals surface area (Å²) in [7, 11) is 0. The van der Waals surface area contributed by atoms with Gasteiger partial charge in [-0.25, -0.2) is 0 Å². The second kappa shape index (κ2) is 9.94. The molecule has 0 aromatic heterocycles. The third kappa shape index (κ3) is 7.81. The lowest BCUT2D eigenvalue weighted by atomic mass is 9.89. The average Bonchev–Trinajstić information content (AvgIpc) is 2.37. The van der Waals surface area contributed by atoms with Crippen molar-refractivity contribution in [2.24, 2.45) is 5.92 Å². The molecule has 0 amide bonds. The Hall–Kier alpha value is -0.0400. The first kappa shape index (κ1) is 15.0. The molecule has 1 fully saturated rings. The zero-order chi connectivity index (χ0) is 12.3. The Morgan fingerprint density at radius 3 is 2.41 bits per heavy atom. The summed E-state index contributed by atoms with van der Waals surface area (Å²) in [5.74, 6) is 0.978. The van der Waals surface area contributed by atoms with Gasteiger partial charge in [0.15, 0.2) is 0 Å². The van der Waals surface area contributed by atoms with Gasteiger partial charge in [-0.15, -0.1) is 0 Å². The van der Waals surface area contributed by atoms with Crippen molar-refractivity contribution in [2.45, 2.75) is 90.5 Å². The van der Waals surface area contributed by atoms with Crippen molar-refractivity contribution in [3.05, 3.63) is 0 Å². The normalized spacial score (nSPS) is 19.4. The van der Waals surface area contributed by atoms with Gasteiger partial charge in [0, 0.05) is 6.04 Å². The van der Waals surface area contributed by atoms with E-state index in [-0.39, 0.29) is 0 Å². The van der Waals surface area contributed by atoms with Gasteiger partial charge in [0.05, 0.1) is 0 Å².